The second-order valence-electron chi connectivity index (χ2n) is 18.5. The SMILES string of the molecule is CC(C)(O)c1cc2nn(CCN3CCN(CC(=O)N4CCC5(CC4)CCN(c4cccc6c4C(=O)N(C4CCC(=O)NC4=O)C6=O)CC5)C3=O)cc2cc1NC(=O)c1cccc(C(F)(F)F)n1. The Labute approximate surface area is 382 Å². The number of amides is 8. The highest BCUT2D eigenvalue weighted by Gasteiger charge is 2.47. The second-order valence-corrected chi connectivity index (χ2v) is 18.5. The van der Waals surface area contributed by atoms with Crippen LogP contribution in [0.1, 0.15) is 94.8 Å². The number of piperidine rings is 3. The number of nitrogens with one attached hydrogen (secondary N) is 2. The molecular formula is C46H49F3N10O8. The number of hydrogen-bond donors (Lipinski definition) is 3. The molecular weight excluding hydrogens is 878 g/mol. The zero-order valence-electron chi connectivity index (χ0n) is 36.9. The van der Waals surface area contributed by atoms with Crippen molar-refractivity contribution in [2.75, 3.05) is 62.6 Å². The number of likely N-dealkylation sites (tertiary alicyclic amines) is 1. The number of benzene rings is 2. The van der Waals surface area contributed by atoms with Crippen LogP contribution in [0.25, 0.3) is 10.9 Å². The molecule has 4 saturated heterocycles. The minimum Gasteiger partial charge on any atom is -0.386 e. The van der Waals surface area contributed by atoms with E-state index in [1.54, 1.807) is 44.9 Å². The molecule has 1 spiro atoms. The molecule has 0 saturated carbocycles. The molecule has 3 N–H and O–H groups in total. The van der Waals surface area contributed by atoms with E-state index in [4.69, 9.17) is 0 Å². The van der Waals surface area contributed by atoms with E-state index >= 15 is 0 Å². The molecule has 18 nitrogen and oxygen atoms in total. The first-order valence-corrected chi connectivity index (χ1v) is 22.3. The largest absolute Gasteiger partial charge is 0.433 e. The molecule has 4 aromatic rings. The van der Waals surface area contributed by atoms with Gasteiger partial charge in [-0.3, -0.25) is 43.7 Å². The Bertz CT molecular complexity index is 2710. The van der Waals surface area contributed by atoms with E-state index in [0.717, 1.165) is 48.8 Å². The van der Waals surface area contributed by atoms with Gasteiger partial charge in [0.15, 0.2) is 0 Å². The Morgan fingerprint density at radius 1 is 0.881 bits per heavy atom. The maximum absolute atomic E-state index is 13.7. The Hall–Kier alpha value is -6.90. The number of anilines is 2. The molecule has 8 amide bonds. The molecule has 352 valence electrons. The predicted octanol–water partition coefficient (Wildman–Crippen LogP) is 3.98. The summed E-state index contributed by atoms with van der Waals surface area (Å²) in [5.74, 6) is -3.18. The minimum absolute atomic E-state index is 0.00340. The highest BCUT2D eigenvalue weighted by molar-refractivity contribution is 6.25. The molecule has 7 heterocycles. The number of rotatable bonds is 10. The van der Waals surface area contributed by atoms with Crippen LogP contribution in [0.4, 0.5) is 29.3 Å². The van der Waals surface area contributed by atoms with Crippen molar-refractivity contribution in [1.82, 2.24) is 39.7 Å². The summed E-state index contributed by atoms with van der Waals surface area (Å²) < 4.78 is 41.4. The summed E-state index contributed by atoms with van der Waals surface area (Å²) in [5, 5.41) is 20.9. The number of nitrogens with zero attached hydrogens (tertiary/aromatic N) is 8. The van der Waals surface area contributed by atoms with Gasteiger partial charge < -0.3 is 30.0 Å². The predicted molar refractivity (Wildman–Crippen MR) is 234 cm³/mol. The number of halogens is 3. The van der Waals surface area contributed by atoms with Gasteiger partial charge in [-0.05, 0) is 87.8 Å². The van der Waals surface area contributed by atoms with Crippen LogP contribution < -0.4 is 15.5 Å². The summed E-state index contributed by atoms with van der Waals surface area (Å²) in [5.41, 5.74) is -1.04. The lowest BCUT2D eigenvalue weighted by atomic mass is 9.71. The van der Waals surface area contributed by atoms with Crippen LogP contribution >= 0.6 is 0 Å². The third kappa shape index (κ3) is 8.79. The van der Waals surface area contributed by atoms with E-state index in [1.165, 1.54) is 13.8 Å². The molecule has 4 fully saturated rings. The normalized spacial score (nSPS) is 20.1. The highest BCUT2D eigenvalue weighted by Crippen LogP contribution is 2.44. The van der Waals surface area contributed by atoms with Crippen LogP contribution in [0, 0.1) is 5.41 Å². The first-order valence-electron chi connectivity index (χ1n) is 22.3. The zero-order valence-corrected chi connectivity index (χ0v) is 36.9. The first kappa shape index (κ1) is 45.3. The Morgan fingerprint density at radius 2 is 1.58 bits per heavy atom. The van der Waals surface area contributed by atoms with Gasteiger partial charge in [-0.25, -0.2) is 9.78 Å². The topological polar surface area (TPSA) is 211 Å². The number of urea groups is 1. The van der Waals surface area contributed by atoms with E-state index in [1.807, 2.05) is 11.0 Å². The smallest absolute Gasteiger partial charge is 0.386 e. The quantitative estimate of drug-likeness (QED) is 0.194. The van der Waals surface area contributed by atoms with E-state index in [9.17, 15) is 51.8 Å². The second kappa shape index (κ2) is 17.1. The van der Waals surface area contributed by atoms with Crippen LogP contribution in [0.5, 0.6) is 0 Å². The van der Waals surface area contributed by atoms with Crippen molar-refractivity contribution in [3.05, 3.63) is 82.8 Å². The van der Waals surface area contributed by atoms with Gasteiger partial charge in [0.2, 0.25) is 17.7 Å². The summed E-state index contributed by atoms with van der Waals surface area (Å²) in [6.07, 6.45) is 0.306. The number of hydrogen-bond acceptors (Lipinski definition) is 11. The number of carbonyl (C=O) groups is 7. The molecule has 0 aliphatic carbocycles. The molecule has 0 radical (unpaired) electrons. The monoisotopic (exact) mass is 926 g/mol. The summed E-state index contributed by atoms with van der Waals surface area (Å²) in [6.45, 7) is 6.71. The zero-order chi connectivity index (χ0) is 47.6. The fourth-order valence-corrected chi connectivity index (χ4v) is 9.94. The van der Waals surface area contributed by atoms with Crippen LogP contribution in [0.3, 0.4) is 0 Å². The average Bonchev–Trinajstić information content (AvgIpc) is 3.94. The standard InChI is InChI=1S/C46H49F3N10O8/c1-44(2,67)29-24-31-27(23-32(29)51-39(62)30-6-4-8-35(50-30)46(47,48)49)25-58(53-31)22-21-56-19-20-57(43(56)66)26-37(61)55-17-13-45(14-18-55)11-15-54(16-12-45)33-7-3-5-28-38(33)42(65)59(41(28)64)34-9-10-36(60)52-40(34)63/h3-8,23-25,34,67H,9-22,26H2,1-2H3,(H,51,62)(H,52,60,63). The molecule has 5 aliphatic rings. The van der Waals surface area contributed by atoms with Crippen LogP contribution in [0.15, 0.2) is 54.7 Å². The molecule has 67 heavy (non-hydrogen) atoms. The van der Waals surface area contributed by atoms with Gasteiger partial charge in [-0.2, -0.15) is 18.3 Å². The fourth-order valence-electron chi connectivity index (χ4n) is 9.94. The van der Waals surface area contributed by atoms with Crippen LogP contribution in [-0.2, 0) is 32.7 Å². The molecule has 0 bridgehead atoms. The van der Waals surface area contributed by atoms with Crippen molar-refractivity contribution in [3.8, 4) is 0 Å². The lowest BCUT2D eigenvalue weighted by molar-refractivity contribution is -0.141. The molecule has 21 heteroatoms. The third-order valence-electron chi connectivity index (χ3n) is 13.8. The molecule has 1 unspecified atom stereocenters. The van der Waals surface area contributed by atoms with Crippen molar-refractivity contribution in [3.63, 3.8) is 0 Å². The van der Waals surface area contributed by atoms with Gasteiger partial charge in [0.1, 0.15) is 24.0 Å². The third-order valence-corrected chi connectivity index (χ3v) is 13.8. The maximum Gasteiger partial charge on any atom is 0.433 e. The lowest BCUT2D eigenvalue weighted by Gasteiger charge is -2.47. The molecule has 5 aliphatic heterocycles. The van der Waals surface area contributed by atoms with Crippen molar-refractivity contribution < 1.29 is 51.8 Å². The number of imide groups is 2. The minimum atomic E-state index is -4.74. The van der Waals surface area contributed by atoms with Crippen LogP contribution in [-0.4, -0.2) is 139 Å². The molecule has 1 atom stereocenters. The number of aromatic nitrogens is 3. The van der Waals surface area contributed by atoms with Gasteiger partial charge >= 0.3 is 12.2 Å². The van der Waals surface area contributed by atoms with Crippen molar-refractivity contribution >= 4 is 63.8 Å². The Balaban J connectivity index is 0.764. The number of carbonyl (C=O) groups excluding carboxylic acids is 7. The van der Waals surface area contributed by atoms with Crippen molar-refractivity contribution in [1.29, 1.82) is 0 Å². The number of aliphatic hydroxyl groups is 1. The Morgan fingerprint density at radius 3 is 2.28 bits per heavy atom. The van der Waals surface area contributed by atoms with Gasteiger partial charge in [0.25, 0.3) is 17.7 Å². The molecule has 2 aromatic heterocycles. The number of pyridine rings is 1. The summed E-state index contributed by atoms with van der Waals surface area (Å²) in [4.78, 5) is 103. The summed E-state index contributed by atoms with van der Waals surface area (Å²) >= 11 is 0. The summed E-state index contributed by atoms with van der Waals surface area (Å²) in [7, 11) is 0. The van der Waals surface area contributed by atoms with Gasteiger partial charge in [0.05, 0.1) is 34.5 Å². The van der Waals surface area contributed by atoms with Crippen molar-refractivity contribution in [2.24, 2.45) is 5.41 Å². The van der Waals surface area contributed by atoms with Gasteiger partial charge in [-0.1, -0.05) is 12.1 Å². The molecule has 2 aromatic carbocycles. The highest BCUT2D eigenvalue weighted by atomic mass is 19.4. The van der Waals surface area contributed by atoms with Gasteiger partial charge in [0, 0.05) is 75.1 Å². The number of alkyl halides is 3. The van der Waals surface area contributed by atoms with Crippen molar-refractivity contribution in [2.45, 2.75) is 76.7 Å². The van der Waals surface area contributed by atoms with E-state index in [0.29, 0.717) is 62.4 Å². The fraction of sp³-hybridized carbons (Fsp3) is 0.457. The van der Waals surface area contributed by atoms with E-state index in [2.05, 4.69) is 25.6 Å². The van der Waals surface area contributed by atoms with Crippen LogP contribution in [0.2, 0.25) is 0 Å². The van der Waals surface area contributed by atoms with E-state index < -0.39 is 58.7 Å². The Kier molecular flexibility index (Phi) is 11.5. The number of fused-ring (bicyclic) bond motifs is 2. The first-order chi connectivity index (χ1) is 31.8. The molecule has 9 rings (SSSR count). The lowest BCUT2D eigenvalue weighted by Crippen LogP contribution is -2.54. The average molecular weight is 927 g/mol. The van der Waals surface area contributed by atoms with E-state index in [-0.39, 0.29) is 65.7 Å². The maximum atomic E-state index is 13.7. The summed E-state index contributed by atoms with van der Waals surface area (Å²) in [6, 6.07) is 10.0. The van der Waals surface area contributed by atoms with Gasteiger partial charge in [-0.15, -0.1) is 0 Å².